The van der Waals surface area contributed by atoms with Crippen molar-refractivity contribution in [2.24, 2.45) is 4.99 Å². The summed E-state index contributed by atoms with van der Waals surface area (Å²) in [6.07, 6.45) is 3.48. The molecule has 0 spiro atoms. The van der Waals surface area contributed by atoms with Crippen molar-refractivity contribution in [1.82, 2.24) is 9.88 Å². The Hall–Kier alpha value is -2.85. The Bertz CT molecular complexity index is 950. The molecule has 5 heteroatoms. The van der Waals surface area contributed by atoms with E-state index < -0.39 is 0 Å². The Morgan fingerprint density at radius 2 is 1.77 bits per heavy atom. The van der Waals surface area contributed by atoms with Crippen LogP contribution in [0.1, 0.15) is 17.3 Å². The highest BCUT2D eigenvalue weighted by atomic mass is 35.5. The van der Waals surface area contributed by atoms with Gasteiger partial charge < -0.3 is 10.2 Å². The van der Waals surface area contributed by atoms with Gasteiger partial charge in [-0.15, -0.1) is 0 Å². The SMILES string of the molecule is CN(C)C1=NC(c2cccnc2)Nc2ccc(-c3ccc(Cl)cc3)cc21. The molecule has 0 saturated heterocycles. The van der Waals surface area contributed by atoms with Gasteiger partial charge in [-0.2, -0.15) is 0 Å². The van der Waals surface area contributed by atoms with Crippen molar-refractivity contribution >= 4 is 23.1 Å². The molecule has 1 unspecified atom stereocenters. The zero-order valence-electron chi connectivity index (χ0n) is 14.6. The first-order valence-corrected chi connectivity index (χ1v) is 8.81. The van der Waals surface area contributed by atoms with Crippen LogP contribution in [0.3, 0.4) is 0 Å². The van der Waals surface area contributed by atoms with Gasteiger partial charge in [0.15, 0.2) is 0 Å². The van der Waals surface area contributed by atoms with Crippen molar-refractivity contribution in [1.29, 1.82) is 0 Å². The van der Waals surface area contributed by atoms with Gasteiger partial charge in [0.05, 0.1) is 0 Å². The van der Waals surface area contributed by atoms with Crippen LogP contribution in [-0.2, 0) is 0 Å². The number of pyridine rings is 1. The molecule has 3 aromatic rings. The monoisotopic (exact) mass is 362 g/mol. The Labute approximate surface area is 158 Å². The van der Waals surface area contributed by atoms with Crippen molar-refractivity contribution in [3.63, 3.8) is 0 Å². The molecule has 4 nitrogen and oxygen atoms in total. The summed E-state index contributed by atoms with van der Waals surface area (Å²) in [5.74, 6) is 0.948. The van der Waals surface area contributed by atoms with E-state index in [0.717, 1.165) is 38.8 Å². The predicted octanol–water partition coefficient (Wildman–Crippen LogP) is 4.83. The highest BCUT2D eigenvalue weighted by molar-refractivity contribution is 6.30. The van der Waals surface area contributed by atoms with Gasteiger partial charge >= 0.3 is 0 Å². The first kappa shape index (κ1) is 16.6. The molecule has 1 aromatic heterocycles. The van der Waals surface area contributed by atoms with E-state index in [0.29, 0.717) is 0 Å². The van der Waals surface area contributed by atoms with Crippen molar-refractivity contribution in [3.8, 4) is 11.1 Å². The Morgan fingerprint density at radius 3 is 2.46 bits per heavy atom. The minimum atomic E-state index is -0.144. The van der Waals surface area contributed by atoms with Crippen molar-refractivity contribution in [2.45, 2.75) is 6.17 Å². The number of anilines is 1. The first-order valence-electron chi connectivity index (χ1n) is 8.44. The van der Waals surface area contributed by atoms with Crippen LogP contribution < -0.4 is 5.32 Å². The molecule has 1 aliphatic heterocycles. The lowest BCUT2D eigenvalue weighted by Crippen LogP contribution is -2.30. The normalized spacial score (nSPS) is 15.7. The van der Waals surface area contributed by atoms with Gasteiger partial charge in [0.25, 0.3) is 0 Å². The van der Waals surface area contributed by atoms with E-state index in [2.05, 4.69) is 33.4 Å². The Kier molecular flexibility index (Phi) is 4.35. The smallest absolute Gasteiger partial charge is 0.148 e. The third kappa shape index (κ3) is 3.16. The van der Waals surface area contributed by atoms with Crippen molar-refractivity contribution in [3.05, 3.63) is 83.1 Å². The van der Waals surface area contributed by atoms with E-state index >= 15 is 0 Å². The van der Waals surface area contributed by atoms with Crippen LogP contribution in [0.25, 0.3) is 11.1 Å². The Morgan fingerprint density at radius 1 is 1.00 bits per heavy atom. The maximum atomic E-state index is 6.01. The second kappa shape index (κ2) is 6.81. The average Bonchev–Trinajstić information content (AvgIpc) is 2.68. The lowest BCUT2D eigenvalue weighted by molar-refractivity contribution is 0.607. The molecule has 2 heterocycles. The number of hydrogen-bond donors (Lipinski definition) is 1. The lowest BCUT2D eigenvalue weighted by Gasteiger charge is -2.29. The molecule has 0 bridgehead atoms. The van der Waals surface area contributed by atoms with Crippen LogP contribution in [0, 0.1) is 0 Å². The summed E-state index contributed by atoms with van der Waals surface area (Å²) in [6, 6.07) is 18.3. The number of nitrogens with one attached hydrogen (secondary N) is 1. The summed E-state index contributed by atoms with van der Waals surface area (Å²) in [7, 11) is 4.03. The van der Waals surface area contributed by atoms with Crippen LogP contribution in [0.4, 0.5) is 5.69 Å². The van der Waals surface area contributed by atoms with Crippen LogP contribution in [-0.4, -0.2) is 29.8 Å². The van der Waals surface area contributed by atoms with E-state index in [1.54, 1.807) is 6.20 Å². The van der Waals surface area contributed by atoms with Gasteiger partial charge in [0.2, 0.25) is 0 Å². The molecule has 130 valence electrons. The summed E-state index contributed by atoms with van der Waals surface area (Å²) in [4.78, 5) is 11.2. The van der Waals surface area contributed by atoms with Crippen LogP contribution in [0.15, 0.2) is 72.0 Å². The van der Waals surface area contributed by atoms with E-state index in [1.165, 1.54) is 0 Å². The van der Waals surface area contributed by atoms with E-state index in [1.807, 2.05) is 56.7 Å². The summed E-state index contributed by atoms with van der Waals surface area (Å²) in [5, 5.41) is 4.25. The predicted molar refractivity (Wildman–Crippen MR) is 108 cm³/mol. The molecule has 0 radical (unpaired) electrons. The molecule has 0 saturated carbocycles. The van der Waals surface area contributed by atoms with Gasteiger partial charge in [0, 0.05) is 48.3 Å². The molecule has 1 aliphatic rings. The van der Waals surface area contributed by atoms with Gasteiger partial charge in [-0.25, -0.2) is 4.99 Å². The van der Waals surface area contributed by atoms with Crippen LogP contribution >= 0.6 is 11.6 Å². The second-order valence-corrected chi connectivity index (χ2v) is 6.88. The van der Waals surface area contributed by atoms with Crippen LogP contribution in [0.2, 0.25) is 5.02 Å². The summed E-state index contributed by atoms with van der Waals surface area (Å²) in [5.41, 5.74) is 5.46. The van der Waals surface area contributed by atoms with Crippen molar-refractivity contribution < 1.29 is 0 Å². The van der Waals surface area contributed by atoms with Gasteiger partial charge in [0.1, 0.15) is 12.0 Å². The number of aliphatic imine (C=N–C) groups is 1. The molecule has 0 fully saturated rings. The largest absolute Gasteiger partial charge is 0.362 e. The minimum absolute atomic E-state index is 0.144. The number of aromatic nitrogens is 1. The fourth-order valence-electron chi connectivity index (χ4n) is 3.10. The lowest BCUT2D eigenvalue weighted by atomic mass is 9.99. The van der Waals surface area contributed by atoms with E-state index in [4.69, 9.17) is 16.6 Å². The Balaban J connectivity index is 1.77. The molecule has 1 N–H and O–H groups in total. The highest BCUT2D eigenvalue weighted by Gasteiger charge is 2.23. The fraction of sp³-hybridized carbons (Fsp3) is 0.143. The first-order chi connectivity index (χ1) is 12.6. The quantitative estimate of drug-likeness (QED) is 0.709. The number of fused-ring (bicyclic) bond motifs is 1. The molecule has 0 aliphatic carbocycles. The molecular formula is C21H19ClN4. The zero-order chi connectivity index (χ0) is 18.1. The number of rotatable bonds is 2. The molecular weight excluding hydrogens is 344 g/mol. The maximum Gasteiger partial charge on any atom is 0.148 e. The number of benzene rings is 2. The average molecular weight is 363 g/mol. The number of amidine groups is 1. The molecule has 26 heavy (non-hydrogen) atoms. The number of nitrogens with zero attached hydrogens (tertiary/aromatic N) is 3. The van der Waals surface area contributed by atoms with Gasteiger partial charge in [-0.3, -0.25) is 4.98 Å². The molecule has 1 atom stereocenters. The third-order valence-corrected chi connectivity index (χ3v) is 4.66. The van der Waals surface area contributed by atoms with E-state index in [-0.39, 0.29) is 6.17 Å². The molecule has 2 aromatic carbocycles. The highest BCUT2D eigenvalue weighted by Crippen LogP contribution is 2.33. The molecule has 0 amide bonds. The summed E-state index contributed by atoms with van der Waals surface area (Å²) < 4.78 is 0. The third-order valence-electron chi connectivity index (χ3n) is 4.41. The van der Waals surface area contributed by atoms with Crippen molar-refractivity contribution in [2.75, 3.05) is 19.4 Å². The topological polar surface area (TPSA) is 40.5 Å². The minimum Gasteiger partial charge on any atom is -0.362 e. The summed E-state index contributed by atoms with van der Waals surface area (Å²) >= 11 is 6.01. The van der Waals surface area contributed by atoms with E-state index in [9.17, 15) is 0 Å². The van der Waals surface area contributed by atoms with Gasteiger partial charge in [-0.1, -0.05) is 35.9 Å². The summed E-state index contributed by atoms with van der Waals surface area (Å²) in [6.45, 7) is 0. The number of hydrogen-bond acceptors (Lipinski definition) is 4. The fourth-order valence-corrected chi connectivity index (χ4v) is 3.23. The number of halogens is 1. The molecule has 4 rings (SSSR count). The van der Waals surface area contributed by atoms with Gasteiger partial charge in [-0.05, 0) is 41.5 Å². The second-order valence-electron chi connectivity index (χ2n) is 6.45. The standard InChI is InChI=1S/C21H19ClN4/c1-26(2)21-18-12-15(14-5-8-17(22)9-6-14)7-10-19(18)24-20(25-21)16-4-3-11-23-13-16/h3-13,20,24H,1-2H3. The maximum absolute atomic E-state index is 6.01. The zero-order valence-corrected chi connectivity index (χ0v) is 15.4. The van der Waals surface area contributed by atoms with Crippen LogP contribution in [0.5, 0.6) is 0 Å².